The van der Waals surface area contributed by atoms with Gasteiger partial charge in [-0.15, -0.1) is 0 Å². The molecule has 138 valence electrons. The molecule has 0 spiro atoms. The lowest BCUT2D eigenvalue weighted by molar-refractivity contribution is -0.759. The Bertz CT molecular complexity index is 800. The van der Waals surface area contributed by atoms with Gasteiger partial charge < -0.3 is 20.5 Å². The minimum Gasteiger partial charge on any atom is -0.507 e. The second kappa shape index (κ2) is 7.42. The summed E-state index contributed by atoms with van der Waals surface area (Å²) in [5.41, 5.74) is 2.94. The van der Waals surface area contributed by atoms with Gasteiger partial charge >= 0.3 is 0 Å². The second-order valence-electron chi connectivity index (χ2n) is 7.70. The number of quaternary nitrogens is 1. The van der Waals surface area contributed by atoms with Crippen molar-refractivity contribution >= 4 is 5.70 Å². The summed E-state index contributed by atoms with van der Waals surface area (Å²) in [5.74, 6) is 1.73. The molecule has 4 N–H and O–H groups in total. The van der Waals surface area contributed by atoms with Gasteiger partial charge in [0.2, 0.25) is 0 Å². The van der Waals surface area contributed by atoms with E-state index in [2.05, 4.69) is 43.5 Å². The molecule has 0 aliphatic carbocycles. The fourth-order valence-corrected chi connectivity index (χ4v) is 3.89. The van der Waals surface area contributed by atoms with Gasteiger partial charge in [0.25, 0.3) is 0 Å². The van der Waals surface area contributed by atoms with E-state index in [4.69, 9.17) is 4.74 Å². The molecule has 4 nitrogen and oxygen atoms in total. The molecule has 0 fully saturated rings. The SMILES string of the molecule is COc1cccc(C2=CC(c3ccccc3O)[NH2+]C(C)(CC(C)C)N2)c1. The molecule has 0 amide bonds. The highest BCUT2D eigenvalue weighted by atomic mass is 16.5. The van der Waals surface area contributed by atoms with Crippen LogP contribution < -0.4 is 15.4 Å². The van der Waals surface area contributed by atoms with Crippen molar-refractivity contribution in [3.05, 3.63) is 65.7 Å². The van der Waals surface area contributed by atoms with E-state index in [0.717, 1.165) is 29.0 Å². The van der Waals surface area contributed by atoms with Crippen molar-refractivity contribution in [1.29, 1.82) is 0 Å². The molecule has 0 aromatic heterocycles. The van der Waals surface area contributed by atoms with E-state index in [9.17, 15) is 5.11 Å². The molecule has 3 rings (SSSR count). The number of nitrogens with one attached hydrogen (secondary N) is 1. The molecule has 26 heavy (non-hydrogen) atoms. The quantitative estimate of drug-likeness (QED) is 0.772. The van der Waals surface area contributed by atoms with Crippen LogP contribution in [0, 0.1) is 5.92 Å². The zero-order valence-corrected chi connectivity index (χ0v) is 16.0. The van der Waals surface area contributed by atoms with Crippen LogP contribution in [-0.4, -0.2) is 17.9 Å². The highest BCUT2D eigenvalue weighted by Gasteiger charge is 2.37. The Labute approximate surface area is 155 Å². The Kier molecular flexibility index (Phi) is 5.23. The van der Waals surface area contributed by atoms with Gasteiger partial charge in [0.15, 0.2) is 5.66 Å². The van der Waals surface area contributed by atoms with Crippen LogP contribution in [0.25, 0.3) is 5.70 Å². The number of aromatic hydroxyl groups is 1. The summed E-state index contributed by atoms with van der Waals surface area (Å²) >= 11 is 0. The minimum atomic E-state index is -0.158. The Balaban J connectivity index is 2.04. The van der Waals surface area contributed by atoms with E-state index in [-0.39, 0.29) is 11.7 Å². The molecule has 2 atom stereocenters. The van der Waals surface area contributed by atoms with Crippen LogP contribution in [0.5, 0.6) is 11.5 Å². The van der Waals surface area contributed by atoms with Crippen molar-refractivity contribution in [2.75, 3.05) is 7.11 Å². The number of phenols is 1. The largest absolute Gasteiger partial charge is 0.507 e. The number of para-hydroxylation sites is 1. The number of hydrogen-bond donors (Lipinski definition) is 3. The summed E-state index contributed by atoms with van der Waals surface area (Å²) in [7, 11) is 1.68. The second-order valence-corrected chi connectivity index (χ2v) is 7.70. The van der Waals surface area contributed by atoms with E-state index in [0.29, 0.717) is 11.7 Å². The molecule has 0 bridgehead atoms. The third-order valence-corrected chi connectivity index (χ3v) is 4.82. The van der Waals surface area contributed by atoms with E-state index in [1.165, 1.54) is 0 Å². The summed E-state index contributed by atoms with van der Waals surface area (Å²) in [4.78, 5) is 0. The van der Waals surface area contributed by atoms with Crippen LogP contribution in [0.3, 0.4) is 0 Å². The average molecular weight is 353 g/mol. The number of hydrogen-bond acceptors (Lipinski definition) is 3. The first-order valence-electron chi connectivity index (χ1n) is 9.18. The van der Waals surface area contributed by atoms with Crippen LogP contribution in [-0.2, 0) is 0 Å². The van der Waals surface area contributed by atoms with Gasteiger partial charge in [-0.3, -0.25) is 0 Å². The lowest BCUT2D eigenvalue weighted by atomic mass is 9.91. The van der Waals surface area contributed by atoms with Gasteiger partial charge in [-0.05, 0) is 30.2 Å². The highest BCUT2D eigenvalue weighted by Crippen LogP contribution is 2.30. The molecule has 0 saturated heterocycles. The maximum absolute atomic E-state index is 10.4. The highest BCUT2D eigenvalue weighted by molar-refractivity contribution is 5.67. The molecule has 2 unspecified atom stereocenters. The standard InChI is InChI=1S/C22H28N2O2/c1-15(2)14-22(3)23-19(16-8-7-9-17(12-16)26-4)13-20(24-22)18-10-5-6-11-21(18)25/h5-13,15,20,23-25H,14H2,1-4H3/p+1. The van der Waals surface area contributed by atoms with Gasteiger partial charge in [-0.25, -0.2) is 0 Å². The Morgan fingerprint density at radius 3 is 2.65 bits per heavy atom. The van der Waals surface area contributed by atoms with Crippen molar-refractivity contribution in [3.63, 3.8) is 0 Å². The van der Waals surface area contributed by atoms with Crippen LogP contribution in [0.2, 0.25) is 0 Å². The van der Waals surface area contributed by atoms with Crippen LogP contribution in [0.4, 0.5) is 0 Å². The maximum Gasteiger partial charge on any atom is 0.167 e. The first-order chi connectivity index (χ1) is 12.4. The first-order valence-corrected chi connectivity index (χ1v) is 9.18. The van der Waals surface area contributed by atoms with Crippen molar-refractivity contribution < 1.29 is 15.2 Å². The minimum absolute atomic E-state index is 0.0439. The Morgan fingerprint density at radius 1 is 1.19 bits per heavy atom. The van der Waals surface area contributed by atoms with E-state index in [1.54, 1.807) is 13.2 Å². The fraction of sp³-hybridized carbons (Fsp3) is 0.364. The first kappa shape index (κ1) is 18.3. The van der Waals surface area contributed by atoms with Crippen LogP contribution in [0.15, 0.2) is 54.6 Å². The van der Waals surface area contributed by atoms with E-state index >= 15 is 0 Å². The van der Waals surface area contributed by atoms with Gasteiger partial charge in [-0.1, -0.05) is 38.1 Å². The third-order valence-electron chi connectivity index (χ3n) is 4.82. The molecule has 0 saturated carbocycles. The zero-order valence-electron chi connectivity index (χ0n) is 16.0. The van der Waals surface area contributed by atoms with Crippen molar-refractivity contribution in [2.45, 2.75) is 38.9 Å². The van der Waals surface area contributed by atoms with Crippen molar-refractivity contribution in [1.82, 2.24) is 5.32 Å². The predicted molar refractivity (Wildman–Crippen MR) is 105 cm³/mol. The molecule has 1 heterocycles. The molecule has 4 heteroatoms. The normalized spacial score (nSPS) is 22.7. The van der Waals surface area contributed by atoms with E-state index in [1.807, 2.05) is 36.4 Å². The zero-order chi connectivity index (χ0) is 18.7. The van der Waals surface area contributed by atoms with Crippen molar-refractivity contribution in [2.24, 2.45) is 5.92 Å². The Morgan fingerprint density at radius 2 is 1.96 bits per heavy atom. The van der Waals surface area contributed by atoms with Crippen LogP contribution in [0.1, 0.15) is 44.4 Å². The molecule has 1 aliphatic heterocycles. The summed E-state index contributed by atoms with van der Waals surface area (Å²) in [6, 6.07) is 15.7. The summed E-state index contributed by atoms with van der Waals surface area (Å²) in [5, 5.41) is 16.4. The molecule has 1 aliphatic rings. The number of rotatable bonds is 5. The van der Waals surface area contributed by atoms with Gasteiger partial charge in [0, 0.05) is 30.7 Å². The number of nitrogens with two attached hydrogens (primary N) is 1. The van der Waals surface area contributed by atoms with Gasteiger partial charge in [-0.2, -0.15) is 0 Å². The molecule has 0 radical (unpaired) electrons. The number of benzene rings is 2. The monoisotopic (exact) mass is 353 g/mol. The number of phenolic OH excluding ortho intramolecular Hbond substituents is 1. The lowest BCUT2D eigenvalue weighted by Gasteiger charge is -2.39. The summed E-state index contributed by atoms with van der Waals surface area (Å²) in [6.45, 7) is 6.70. The van der Waals surface area contributed by atoms with Crippen LogP contribution >= 0.6 is 0 Å². The molecule has 2 aromatic rings. The van der Waals surface area contributed by atoms with Gasteiger partial charge in [0.05, 0.1) is 12.7 Å². The maximum atomic E-state index is 10.4. The number of ether oxygens (including phenoxy) is 1. The average Bonchev–Trinajstić information content (AvgIpc) is 2.60. The smallest absolute Gasteiger partial charge is 0.167 e. The van der Waals surface area contributed by atoms with Gasteiger partial charge in [0.1, 0.15) is 17.5 Å². The molecular weight excluding hydrogens is 324 g/mol. The Hall–Kier alpha value is -2.46. The fourth-order valence-electron chi connectivity index (χ4n) is 3.89. The topological polar surface area (TPSA) is 58.1 Å². The third kappa shape index (κ3) is 4.02. The number of methoxy groups -OCH3 is 1. The van der Waals surface area contributed by atoms with E-state index < -0.39 is 0 Å². The lowest BCUT2D eigenvalue weighted by Crippen LogP contribution is -3.01. The molecular formula is C22H29N2O2+. The predicted octanol–water partition coefficient (Wildman–Crippen LogP) is 3.41. The summed E-state index contributed by atoms with van der Waals surface area (Å²) < 4.78 is 5.39. The molecule has 2 aromatic carbocycles. The van der Waals surface area contributed by atoms with Crippen molar-refractivity contribution in [3.8, 4) is 11.5 Å². The summed E-state index contributed by atoms with van der Waals surface area (Å²) in [6.07, 6.45) is 3.20.